The van der Waals surface area contributed by atoms with Crippen LogP contribution < -0.4 is 10.3 Å². The summed E-state index contributed by atoms with van der Waals surface area (Å²) in [5.41, 5.74) is 0.899. The van der Waals surface area contributed by atoms with E-state index in [9.17, 15) is 4.79 Å². The molecule has 0 aromatic carbocycles. The first-order valence-corrected chi connectivity index (χ1v) is 5.30. The Bertz CT molecular complexity index is 592. The van der Waals surface area contributed by atoms with Gasteiger partial charge in [0, 0.05) is 12.3 Å². The Kier molecular flexibility index (Phi) is 2.83. The van der Waals surface area contributed by atoms with Crippen LogP contribution in [-0.2, 0) is 6.42 Å². The highest BCUT2D eigenvalue weighted by atomic mass is 35.5. The molecule has 0 spiro atoms. The molecule has 0 bridgehead atoms. The minimum absolute atomic E-state index is 0.125. The highest BCUT2D eigenvalue weighted by Crippen LogP contribution is 2.15. The van der Waals surface area contributed by atoms with Crippen molar-refractivity contribution in [1.29, 1.82) is 0 Å². The fourth-order valence-corrected chi connectivity index (χ4v) is 1.85. The van der Waals surface area contributed by atoms with Crippen molar-refractivity contribution in [3.63, 3.8) is 0 Å². The summed E-state index contributed by atoms with van der Waals surface area (Å²) in [5.74, 6) is 0.646. The van der Waals surface area contributed by atoms with E-state index in [0.29, 0.717) is 23.4 Å². The van der Waals surface area contributed by atoms with Crippen molar-refractivity contribution in [2.24, 2.45) is 0 Å². The van der Waals surface area contributed by atoms with Gasteiger partial charge in [0.25, 0.3) is 5.56 Å². The zero-order valence-electron chi connectivity index (χ0n) is 9.03. The molecule has 0 amide bonds. The van der Waals surface area contributed by atoms with Crippen LogP contribution in [0.25, 0.3) is 5.65 Å². The van der Waals surface area contributed by atoms with E-state index in [-0.39, 0.29) is 10.7 Å². The van der Waals surface area contributed by atoms with E-state index in [1.807, 2.05) is 6.92 Å². The van der Waals surface area contributed by atoms with E-state index >= 15 is 0 Å². The Morgan fingerprint density at radius 1 is 1.56 bits per heavy atom. The number of ether oxygens (including phenoxy) is 1. The molecule has 5 heteroatoms. The molecular weight excluding hydrogens is 228 g/mol. The quantitative estimate of drug-likeness (QED) is 0.751. The molecule has 2 aromatic rings. The molecule has 16 heavy (non-hydrogen) atoms. The van der Waals surface area contributed by atoms with E-state index in [2.05, 4.69) is 4.98 Å². The molecule has 0 aliphatic carbocycles. The van der Waals surface area contributed by atoms with Crippen molar-refractivity contribution in [2.75, 3.05) is 7.11 Å². The highest BCUT2D eigenvalue weighted by Gasteiger charge is 2.09. The third kappa shape index (κ3) is 1.65. The van der Waals surface area contributed by atoms with E-state index in [1.165, 1.54) is 4.40 Å². The van der Waals surface area contributed by atoms with Gasteiger partial charge in [-0.3, -0.25) is 9.20 Å². The van der Waals surface area contributed by atoms with Gasteiger partial charge in [0.1, 0.15) is 16.5 Å². The molecule has 0 N–H and O–H groups in total. The summed E-state index contributed by atoms with van der Waals surface area (Å²) < 4.78 is 6.53. The number of halogens is 1. The van der Waals surface area contributed by atoms with Gasteiger partial charge in [0.15, 0.2) is 0 Å². The molecule has 0 atom stereocenters. The van der Waals surface area contributed by atoms with Crippen molar-refractivity contribution in [1.82, 2.24) is 9.38 Å². The second-order valence-electron chi connectivity index (χ2n) is 3.33. The minimum atomic E-state index is -0.125. The molecule has 0 radical (unpaired) electrons. The van der Waals surface area contributed by atoms with Crippen LogP contribution in [0.3, 0.4) is 0 Å². The van der Waals surface area contributed by atoms with E-state index in [4.69, 9.17) is 16.3 Å². The summed E-state index contributed by atoms with van der Waals surface area (Å²) in [5, 5.41) is 0.265. The lowest BCUT2D eigenvalue weighted by molar-refractivity contribution is 0.414. The Labute approximate surface area is 97.5 Å². The van der Waals surface area contributed by atoms with Crippen LogP contribution in [0.2, 0.25) is 5.15 Å². The molecule has 0 aliphatic rings. The van der Waals surface area contributed by atoms with Crippen LogP contribution in [0.4, 0.5) is 0 Å². The van der Waals surface area contributed by atoms with Crippen LogP contribution in [-0.4, -0.2) is 16.5 Å². The average Bonchev–Trinajstić information content (AvgIpc) is 2.28. The maximum atomic E-state index is 12.0. The fourth-order valence-electron chi connectivity index (χ4n) is 1.55. The van der Waals surface area contributed by atoms with Crippen molar-refractivity contribution < 1.29 is 4.74 Å². The second-order valence-corrected chi connectivity index (χ2v) is 3.69. The number of fused-ring (bicyclic) bond motifs is 1. The maximum Gasteiger partial charge on any atom is 0.262 e. The summed E-state index contributed by atoms with van der Waals surface area (Å²) >= 11 is 5.94. The van der Waals surface area contributed by atoms with Crippen LogP contribution in [0.15, 0.2) is 23.1 Å². The third-order valence-electron chi connectivity index (χ3n) is 2.43. The van der Waals surface area contributed by atoms with Crippen molar-refractivity contribution in [2.45, 2.75) is 13.3 Å². The SMILES string of the molecule is CCc1c(Cl)nc2cc(OC)ccn2c1=O. The Morgan fingerprint density at radius 2 is 2.31 bits per heavy atom. The van der Waals surface area contributed by atoms with Crippen molar-refractivity contribution in [3.8, 4) is 5.75 Å². The number of hydrogen-bond acceptors (Lipinski definition) is 3. The zero-order chi connectivity index (χ0) is 11.7. The predicted octanol–water partition coefficient (Wildman–Crippen LogP) is 1.92. The standard InChI is InChI=1S/C11H11ClN2O2/c1-3-8-10(12)13-9-6-7(16-2)4-5-14(9)11(8)15/h4-6H,3H2,1-2H3. The molecule has 0 saturated heterocycles. The lowest BCUT2D eigenvalue weighted by Crippen LogP contribution is -2.19. The Balaban J connectivity index is 2.82. The van der Waals surface area contributed by atoms with Crippen LogP contribution >= 0.6 is 11.6 Å². The van der Waals surface area contributed by atoms with Gasteiger partial charge in [-0.25, -0.2) is 4.98 Å². The van der Waals surface area contributed by atoms with E-state index in [0.717, 1.165) is 0 Å². The summed E-state index contributed by atoms with van der Waals surface area (Å²) in [6, 6.07) is 3.39. The first kappa shape index (κ1) is 11.0. The lowest BCUT2D eigenvalue weighted by atomic mass is 10.2. The first-order chi connectivity index (χ1) is 7.67. The Morgan fingerprint density at radius 3 is 2.94 bits per heavy atom. The molecule has 0 aliphatic heterocycles. The lowest BCUT2D eigenvalue weighted by Gasteiger charge is -2.06. The number of aromatic nitrogens is 2. The average molecular weight is 239 g/mol. The summed E-state index contributed by atoms with van der Waals surface area (Å²) in [6.45, 7) is 1.88. The third-order valence-corrected chi connectivity index (χ3v) is 2.75. The number of pyridine rings is 1. The highest BCUT2D eigenvalue weighted by molar-refractivity contribution is 6.30. The van der Waals surface area contributed by atoms with Gasteiger partial charge in [-0.2, -0.15) is 0 Å². The molecule has 2 aromatic heterocycles. The zero-order valence-corrected chi connectivity index (χ0v) is 9.78. The number of methoxy groups -OCH3 is 1. The molecule has 84 valence electrons. The monoisotopic (exact) mass is 238 g/mol. The van der Waals surface area contributed by atoms with Crippen LogP contribution in [0, 0.1) is 0 Å². The fraction of sp³-hybridized carbons (Fsp3) is 0.273. The molecule has 0 saturated carbocycles. The Hall–Kier alpha value is -1.55. The number of nitrogens with zero attached hydrogens (tertiary/aromatic N) is 2. The topological polar surface area (TPSA) is 43.6 Å². The van der Waals surface area contributed by atoms with Gasteiger partial charge in [-0.05, 0) is 12.5 Å². The second kappa shape index (κ2) is 4.14. The van der Waals surface area contributed by atoms with Gasteiger partial charge in [-0.15, -0.1) is 0 Å². The molecule has 0 unspecified atom stereocenters. The number of hydrogen-bond donors (Lipinski definition) is 0. The van der Waals surface area contributed by atoms with Gasteiger partial charge in [0.2, 0.25) is 0 Å². The smallest absolute Gasteiger partial charge is 0.262 e. The van der Waals surface area contributed by atoms with E-state index in [1.54, 1.807) is 25.4 Å². The van der Waals surface area contributed by atoms with Gasteiger partial charge < -0.3 is 4.74 Å². The molecule has 4 nitrogen and oxygen atoms in total. The van der Waals surface area contributed by atoms with Crippen molar-refractivity contribution in [3.05, 3.63) is 39.4 Å². The summed E-state index contributed by atoms with van der Waals surface area (Å²) in [4.78, 5) is 16.1. The minimum Gasteiger partial charge on any atom is -0.497 e. The molecule has 2 heterocycles. The summed E-state index contributed by atoms with van der Waals surface area (Å²) in [7, 11) is 1.56. The first-order valence-electron chi connectivity index (χ1n) is 4.92. The van der Waals surface area contributed by atoms with Crippen LogP contribution in [0.5, 0.6) is 5.75 Å². The summed E-state index contributed by atoms with van der Waals surface area (Å²) in [6.07, 6.45) is 2.21. The van der Waals surface area contributed by atoms with Crippen LogP contribution in [0.1, 0.15) is 12.5 Å². The van der Waals surface area contributed by atoms with Gasteiger partial charge >= 0.3 is 0 Å². The van der Waals surface area contributed by atoms with Crippen molar-refractivity contribution >= 4 is 17.2 Å². The normalized spacial score (nSPS) is 10.7. The maximum absolute atomic E-state index is 12.0. The van der Waals surface area contributed by atoms with Gasteiger partial charge in [-0.1, -0.05) is 18.5 Å². The molecule has 2 rings (SSSR count). The molecular formula is C11H11ClN2O2. The number of rotatable bonds is 2. The largest absolute Gasteiger partial charge is 0.497 e. The molecule has 0 fully saturated rings. The van der Waals surface area contributed by atoms with E-state index < -0.39 is 0 Å². The predicted molar refractivity (Wildman–Crippen MR) is 62.4 cm³/mol. The van der Waals surface area contributed by atoms with Gasteiger partial charge in [0.05, 0.1) is 12.7 Å².